The van der Waals surface area contributed by atoms with Crippen LogP contribution in [0.1, 0.15) is 52.0 Å². The number of hydrogen-bond donors (Lipinski definition) is 2. The van der Waals surface area contributed by atoms with Crippen LogP contribution in [0.25, 0.3) is 0 Å². The lowest BCUT2D eigenvalue weighted by Crippen LogP contribution is -2.43. The second kappa shape index (κ2) is 9.50. The van der Waals surface area contributed by atoms with E-state index in [4.69, 9.17) is 0 Å². The van der Waals surface area contributed by atoms with Gasteiger partial charge in [0.1, 0.15) is 5.82 Å². The average molecular weight is 332 g/mol. The molecule has 2 rings (SSSR count). The highest BCUT2D eigenvalue weighted by Crippen LogP contribution is 2.17. The van der Waals surface area contributed by atoms with E-state index >= 15 is 0 Å². The molecular weight excluding hydrogens is 298 g/mol. The van der Waals surface area contributed by atoms with Gasteiger partial charge in [0, 0.05) is 38.9 Å². The molecule has 1 atom stereocenters. The Morgan fingerprint density at radius 3 is 2.42 bits per heavy atom. The van der Waals surface area contributed by atoms with Gasteiger partial charge in [0.05, 0.1) is 0 Å². The second-order valence-corrected chi connectivity index (χ2v) is 7.03. The highest BCUT2D eigenvalue weighted by atomic mass is 15.2. The van der Waals surface area contributed by atoms with Crippen molar-refractivity contribution in [1.29, 1.82) is 0 Å². The molecule has 0 aromatic carbocycles. The third-order valence-electron chi connectivity index (χ3n) is 4.79. The van der Waals surface area contributed by atoms with Crippen LogP contribution in [0.5, 0.6) is 0 Å². The minimum Gasteiger partial charge on any atom is -0.357 e. The second-order valence-electron chi connectivity index (χ2n) is 7.03. The van der Waals surface area contributed by atoms with Crippen molar-refractivity contribution in [2.24, 2.45) is 10.9 Å². The van der Waals surface area contributed by atoms with Crippen LogP contribution >= 0.6 is 0 Å². The molecule has 1 aliphatic rings. The smallest absolute Gasteiger partial charge is 0.191 e. The fourth-order valence-electron chi connectivity index (χ4n) is 2.77. The van der Waals surface area contributed by atoms with Crippen molar-refractivity contribution in [2.45, 2.75) is 59.0 Å². The van der Waals surface area contributed by atoms with Crippen molar-refractivity contribution in [3.8, 4) is 0 Å². The van der Waals surface area contributed by atoms with E-state index in [-0.39, 0.29) is 0 Å². The summed E-state index contributed by atoms with van der Waals surface area (Å²) in [7, 11) is 1.81. The van der Waals surface area contributed by atoms with E-state index in [9.17, 15) is 0 Å². The third-order valence-corrected chi connectivity index (χ3v) is 4.79. The summed E-state index contributed by atoms with van der Waals surface area (Å²) < 4.78 is 0. The average Bonchev–Trinajstić information content (AvgIpc) is 2.88. The Bertz CT molecular complexity index is 501. The molecule has 0 aliphatic carbocycles. The van der Waals surface area contributed by atoms with E-state index in [1.165, 1.54) is 31.2 Å². The number of nitrogens with one attached hydrogen (secondary N) is 2. The van der Waals surface area contributed by atoms with E-state index in [0.717, 1.165) is 31.4 Å². The van der Waals surface area contributed by atoms with Gasteiger partial charge in [0.25, 0.3) is 0 Å². The monoisotopic (exact) mass is 331 g/mol. The van der Waals surface area contributed by atoms with Gasteiger partial charge in [-0.2, -0.15) is 0 Å². The van der Waals surface area contributed by atoms with E-state index < -0.39 is 0 Å². The minimum atomic E-state index is 0.389. The van der Waals surface area contributed by atoms with Crippen LogP contribution in [0.4, 0.5) is 5.82 Å². The van der Waals surface area contributed by atoms with Crippen LogP contribution in [0, 0.1) is 5.92 Å². The maximum Gasteiger partial charge on any atom is 0.191 e. The number of aromatic nitrogens is 1. The SMILES string of the molecule is CN=C(NCc1ccc(N2CCCCCC2)nc1)NC(C)C(C)C. The number of aliphatic imine (C=N–C) groups is 1. The summed E-state index contributed by atoms with van der Waals surface area (Å²) in [6, 6.07) is 4.70. The van der Waals surface area contributed by atoms with Gasteiger partial charge in [-0.1, -0.05) is 32.8 Å². The molecule has 0 radical (unpaired) electrons. The van der Waals surface area contributed by atoms with Crippen molar-refractivity contribution >= 4 is 11.8 Å². The summed E-state index contributed by atoms with van der Waals surface area (Å²) in [6.07, 6.45) is 7.23. The number of guanidine groups is 1. The number of pyridine rings is 1. The van der Waals surface area contributed by atoms with Gasteiger partial charge in [0.2, 0.25) is 0 Å². The molecule has 134 valence electrons. The molecule has 2 heterocycles. The lowest BCUT2D eigenvalue weighted by Gasteiger charge is -2.22. The summed E-state index contributed by atoms with van der Waals surface area (Å²) in [4.78, 5) is 11.4. The standard InChI is InChI=1S/C19H33N5/c1-15(2)16(3)23-19(20-4)22-14-17-9-10-18(21-13-17)24-11-7-5-6-8-12-24/h9-10,13,15-16H,5-8,11-12,14H2,1-4H3,(H2,20,22,23). The number of hydrogen-bond acceptors (Lipinski definition) is 3. The molecule has 0 bridgehead atoms. The molecule has 1 fully saturated rings. The van der Waals surface area contributed by atoms with E-state index in [0.29, 0.717) is 12.0 Å². The Balaban J connectivity index is 1.86. The summed E-state index contributed by atoms with van der Waals surface area (Å²) in [5, 5.41) is 6.78. The van der Waals surface area contributed by atoms with Crippen molar-refractivity contribution < 1.29 is 0 Å². The summed E-state index contributed by atoms with van der Waals surface area (Å²) in [5.74, 6) is 2.52. The van der Waals surface area contributed by atoms with E-state index in [1.807, 2.05) is 13.2 Å². The molecule has 0 amide bonds. The summed E-state index contributed by atoms with van der Waals surface area (Å²) in [6.45, 7) is 9.59. The number of rotatable bonds is 5. The molecule has 0 spiro atoms. The normalized spacial score (nSPS) is 17.5. The van der Waals surface area contributed by atoms with E-state index in [2.05, 4.69) is 58.4 Å². The Hall–Kier alpha value is -1.78. The molecule has 1 aromatic heterocycles. The predicted molar refractivity (Wildman–Crippen MR) is 103 cm³/mol. The van der Waals surface area contributed by atoms with Gasteiger partial charge in [-0.3, -0.25) is 4.99 Å². The largest absolute Gasteiger partial charge is 0.357 e. The Morgan fingerprint density at radius 2 is 1.88 bits per heavy atom. The van der Waals surface area contributed by atoms with Gasteiger partial charge >= 0.3 is 0 Å². The Labute approximate surface area is 147 Å². The summed E-state index contributed by atoms with van der Waals surface area (Å²) in [5.41, 5.74) is 1.17. The van der Waals surface area contributed by atoms with E-state index in [1.54, 1.807) is 0 Å². The molecule has 5 nitrogen and oxygen atoms in total. The maximum absolute atomic E-state index is 4.66. The molecule has 1 saturated heterocycles. The zero-order valence-corrected chi connectivity index (χ0v) is 15.7. The Kier molecular flexibility index (Phi) is 7.35. The molecule has 1 aromatic rings. The van der Waals surface area contributed by atoms with Gasteiger partial charge < -0.3 is 15.5 Å². The third kappa shape index (κ3) is 5.69. The molecule has 1 aliphatic heterocycles. The first-order valence-corrected chi connectivity index (χ1v) is 9.27. The predicted octanol–water partition coefficient (Wildman–Crippen LogP) is 3.17. The molecular formula is C19H33N5. The van der Waals surface area contributed by atoms with Crippen molar-refractivity contribution in [3.63, 3.8) is 0 Å². The van der Waals surface area contributed by atoms with Crippen LogP contribution in [-0.4, -0.2) is 37.1 Å². The minimum absolute atomic E-state index is 0.389. The van der Waals surface area contributed by atoms with Gasteiger partial charge in [-0.05, 0) is 37.3 Å². The first-order valence-electron chi connectivity index (χ1n) is 9.27. The topological polar surface area (TPSA) is 52.6 Å². The fourth-order valence-corrected chi connectivity index (χ4v) is 2.77. The van der Waals surface area contributed by atoms with Crippen LogP contribution in [0.3, 0.4) is 0 Å². The quantitative estimate of drug-likeness (QED) is 0.643. The highest BCUT2D eigenvalue weighted by molar-refractivity contribution is 5.79. The zero-order valence-electron chi connectivity index (χ0n) is 15.7. The van der Waals surface area contributed by atoms with Gasteiger partial charge in [0.15, 0.2) is 5.96 Å². The van der Waals surface area contributed by atoms with Crippen molar-refractivity contribution in [3.05, 3.63) is 23.9 Å². The van der Waals surface area contributed by atoms with Crippen LogP contribution in [0.2, 0.25) is 0 Å². The number of nitrogens with zero attached hydrogens (tertiary/aromatic N) is 3. The highest BCUT2D eigenvalue weighted by Gasteiger charge is 2.11. The fraction of sp³-hybridized carbons (Fsp3) is 0.684. The molecule has 0 saturated carbocycles. The maximum atomic E-state index is 4.66. The van der Waals surface area contributed by atoms with Gasteiger partial charge in [-0.25, -0.2) is 4.98 Å². The van der Waals surface area contributed by atoms with Gasteiger partial charge in [-0.15, -0.1) is 0 Å². The number of anilines is 1. The Morgan fingerprint density at radius 1 is 1.17 bits per heavy atom. The summed E-state index contributed by atoms with van der Waals surface area (Å²) >= 11 is 0. The lowest BCUT2D eigenvalue weighted by atomic mass is 10.1. The molecule has 24 heavy (non-hydrogen) atoms. The molecule has 1 unspecified atom stereocenters. The van der Waals surface area contributed by atoms with Crippen LogP contribution < -0.4 is 15.5 Å². The molecule has 2 N–H and O–H groups in total. The first kappa shape index (κ1) is 18.6. The van der Waals surface area contributed by atoms with Crippen molar-refractivity contribution in [2.75, 3.05) is 25.0 Å². The van der Waals surface area contributed by atoms with Crippen molar-refractivity contribution in [1.82, 2.24) is 15.6 Å². The molecule has 5 heteroatoms. The first-order chi connectivity index (χ1) is 11.6. The van der Waals surface area contributed by atoms with Crippen LogP contribution in [-0.2, 0) is 6.54 Å². The van der Waals surface area contributed by atoms with Crippen LogP contribution in [0.15, 0.2) is 23.3 Å². The zero-order chi connectivity index (χ0) is 17.4. The lowest BCUT2D eigenvalue weighted by molar-refractivity contribution is 0.481.